The molecule has 9 heteroatoms. The molecule has 1 aliphatic heterocycles. The first-order chi connectivity index (χ1) is 14.3. The summed E-state index contributed by atoms with van der Waals surface area (Å²) in [4.78, 5) is 14.6. The molecule has 0 saturated heterocycles. The molecule has 6 nitrogen and oxygen atoms in total. The minimum absolute atomic E-state index is 0.100. The van der Waals surface area contributed by atoms with Crippen LogP contribution in [-0.4, -0.2) is 46.8 Å². The van der Waals surface area contributed by atoms with Crippen LogP contribution in [0.2, 0.25) is 0 Å². The molecule has 0 radical (unpaired) electrons. The number of nitrogens with zero attached hydrogens (tertiary/aromatic N) is 2. The zero-order valence-corrected chi connectivity index (χ0v) is 17.6. The Morgan fingerprint density at radius 3 is 2.67 bits per heavy atom. The minimum Gasteiger partial charge on any atom is -0.371 e. The van der Waals surface area contributed by atoms with Crippen molar-refractivity contribution >= 4 is 27.3 Å². The summed E-state index contributed by atoms with van der Waals surface area (Å²) in [5, 5.41) is 2.70. The van der Waals surface area contributed by atoms with Gasteiger partial charge in [-0.25, -0.2) is 17.2 Å². The van der Waals surface area contributed by atoms with Gasteiger partial charge in [0.1, 0.15) is 6.54 Å². The van der Waals surface area contributed by atoms with Crippen molar-refractivity contribution in [3.05, 3.63) is 59.7 Å². The van der Waals surface area contributed by atoms with Gasteiger partial charge in [-0.15, -0.1) is 0 Å². The fourth-order valence-electron chi connectivity index (χ4n) is 3.57. The van der Waals surface area contributed by atoms with Gasteiger partial charge in [0.2, 0.25) is 15.9 Å². The molecule has 1 aliphatic rings. The highest BCUT2D eigenvalue weighted by molar-refractivity contribution is 7.92. The maximum Gasteiger partial charge on any atom is 0.240 e. The molecule has 2 aromatic rings. The van der Waals surface area contributed by atoms with E-state index in [1.807, 2.05) is 12.1 Å². The van der Waals surface area contributed by atoms with Crippen LogP contribution in [-0.2, 0) is 21.2 Å². The first-order valence-electron chi connectivity index (χ1n) is 9.78. The Balaban J connectivity index is 1.53. The maximum atomic E-state index is 13.5. The average Bonchev–Trinajstić information content (AvgIpc) is 2.71. The number of para-hydroxylation sites is 1. The van der Waals surface area contributed by atoms with Crippen molar-refractivity contribution in [2.45, 2.75) is 19.3 Å². The van der Waals surface area contributed by atoms with Gasteiger partial charge in [-0.3, -0.25) is 9.10 Å². The summed E-state index contributed by atoms with van der Waals surface area (Å²) in [5.41, 5.74) is 2.44. The number of nitrogens with one attached hydrogen (secondary N) is 1. The second-order valence-corrected chi connectivity index (χ2v) is 9.20. The van der Waals surface area contributed by atoms with Crippen LogP contribution in [0.3, 0.4) is 0 Å². The predicted molar refractivity (Wildman–Crippen MR) is 113 cm³/mol. The molecule has 0 fully saturated rings. The van der Waals surface area contributed by atoms with Crippen LogP contribution in [0.1, 0.15) is 18.4 Å². The second-order valence-electron chi connectivity index (χ2n) is 7.29. The third kappa shape index (κ3) is 5.47. The lowest BCUT2D eigenvalue weighted by atomic mass is 10.0. The summed E-state index contributed by atoms with van der Waals surface area (Å²) >= 11 is 0. The SMILES string of the molecule is CS(=O)(=O)N(CC(=O)NCCCN1CCCc2ccccc21)c1ccc(F)c(F)c1. The van der Waals surface area contributed by atoms with E-state index in [2.05, 4.69) is 22.3 Å². The molecule has 1 amide bonds. The summed E-state index contributed by atoms with van der Waals surface area (Å²) in [6.07, 6.45) is 3.76. The number of hydrogen-bond acceptors (Lipinski definition) is 4. The molecule has 0 aromatic heterocycles. The summed E-state index contributed by atoms with van der Waals surface area (Å²) in [6.45, 7) is 1.61. The van der Waals surface area contributed by atoms with Crippen LogP contribution in [0.4, 0.5) is 20.2 Å². The molecule has 30 heavy (non-hydrogen) atoms. The van der Waals surface area contributed by atoms with Crippen molar-refractivity contribution in [3.8, 4) is 0 Å². The smallest absolute Gasteiger partial charge is 0.240 e. The van der Waals surface area contributed by atoms with Crippen molar-refractivity contribution in [2.75, 3.05) is 41.6 Å². The highest BCUT2D eigenvalue weighted by Gasteiger charge is 2.22. The van der Waals surface area contributed by atoms with Gasteiger partial charge in [-0.05, 0) is 43.0 Å². The molecule has 2 aromatic carbocycles. The molecular formula is C21H25F2N3O3S. The number of hydrogen-bond donors (Lipinski definition) is 1. The van der Waals surface area contributed by atoms with Gasteiger partial charge in [-0.2, -0.15) is 0 Å². The Morgan fingerprint density at radius 2 is 1.93 bits per heavy atom. The lowest BCUT2D eigenvalue weighted by molar-refractivity contribution is -0.119. The lowest BCUT2D eigenvalue weighted by Gasteiger charge is -2.31. The van der Waals surface area contributed by atoms with Gasteiger partial charge in [-0.1, -0.05) is 18.2 Å². The van der Waals surface area contributed by atoms with Gasteiger partial charge in [0, 0.05) is 31.4 Å². The van der Waals surface area contributed by atoms with E-state index in [0.717, 1.165) is 54.7 Å². The molecular weight excluding hydrogens is 412 g/mol. The Kier molecular flexibility index (Phi) is 6.91. The third-order valence-corrected chi connectivity index (χ3v) is 6.15. The van der Waals surface area contributed by atoms with E-state index in [1.54, 1.807) is 0 Å². The van der Waals surface area contributed by atoms with Crippen LogP contribution >= 0.6 is 0 Å². The van der Waals surface area contributed by atoms with Crippen molar-refractivity contribution < 1.29 is 22.0 Å². The monoisotopic (exact) mass is 437 g/mol. The highest BCUT2D eigenvalue weighted by atomic mass is 32.2. The largest absolute Gasteiger partial charge is 0.371 e. The average molecular weight is 438 g/mol. The predicted octanol–water partition coefficient (Wildman–Crippen LogP) is 2.69. The number of aryl methyl sites for hydroxylation is 1. The van der Waals surface area contributed by atoms with Gasteiger partial charge >= 0.3 is 0 Å². The van der Waals surface area contributed by atoms with Crippen LogP contribution in [0.15, 0.2) is 42.5 Å². The number of halogens is 2. The minimum atomic E-state index is -3.85. The summed E-state index contributed by atoms with van der Waals surface area (Å²) in [5.74, 6) is -2.77. The summed E-state index contributed by atoms with van der Waals surface area (Å²) < 4.78 is 51.5. The standard InChI is InChI=1S/C21H25F2N3O3S/c1-30(28,29)26(17-9-10-18(22)19(23)14-17)15-21(27)24-11-5-13-25-12-4-7-16-6-2-3-8-20(16)25/h2-3,6,8-10,14H,4-5,7,11-13,15H2,1H3,(H,24,27). The first kappa shape index (κ1) is 22.0. The van der Waals surface area contributed by atoms with E-state index in [1.165, 1.54) is 11.3 Å². The zero-order chi connectivity index (χ0) is 21.7. The van der Waals surface area contributed by atoms with E-state index >= 15 is 0 Å². The topological polar surface area (TPSA) is 69.7 Å². The van der Waals surface area contributed by atoms with Crippen LogP contribution in [0, 0.1) is 11.6 Å². The third-order valence-electron chi connectivity index (χ3n) is 5.01. The normalized spacial score (nSPS) is 13.6. The number of rotatable bonds is 8. The number of anilines is 2. The molecule has 0 saturated carbocycles. The number of benzene rings is 2. The molecule has 1 N–H and O–H groups in total. The van der Waals surface area contributed by atoms with Crippen LogP contribution in [0.5, 0.6) is 0 Å². The fourth-order valence-corrected chi connectivity index (χ4v) is 4.42. The van der Waals surface area contributed by atoms with Crippen molar-refractivity contribution in [1.82, 2.24) is 5.32 Å². The van der Waals surface area contributed by atoms with Crippen LogP contribution in [0.25, 0.3) is 0 Å². The molecule has 3 rings (SSSR count). The quantitative estimate of drug-likeness (QED) is 0.645. The Labute approximate surface area is 175 Å². The van der Waals surface area contributed by atoms with Gasteiger partial charge in [0.05, 0.1) is 11.9 Å². The van der Waals surface area contributed by atoms with E-state index in [0.29, 0.717) is 13.0 Å². The molecule has 0 aliphatic carbocycles. The number of carbonyl (C=O) groups excluding carboxylic acids is 1. The van der Waals surface area contributed by atoms with Gasteiger partial charge in [0.25, 0.3) is 0 Å². The van der Waals surface area contributed by atoms with Crippen LogP contribution < -0.4 is 14.5 Å². The summed E-state index contributed by atoms with van der Waals surface area (Å²) in [7, 11) is -3.85. The Morgan fingerprint density at radius 1 is 1.17 bits per heavy atom. The number of amides is 1. The van der Waals surface area contributed by atoms with Gasteiger partial charge < -0.3 is 10.2 Å². The fraction of sp³-hybridized carbons (Fsp3) is 0.381. The lowest BCUT2D eigenvalue weighted by Crippen LogP contribution is -2.41. The van der Waals surface area contributed by atoms with Crippen molar-refractivity contribution in [2.24, 2.45) is 0 Å². The maximum absolute atomic E-state index is 13.5. The number of sulfonamides is 1. The van der Waals surface area contributed by atoms with Gasteiger partial charge in [0.15, 0.2) is 11.6 Å². The van der Waals surface area contributed by atoms with E-state index in [-0.39, 0.29) is 5.69 Å². The van der Waals surface area contributed by atoms with Crippen molar-refractivity contribution in [3.63, 3.8) is 0 Å². The Bertz CT molecular complexity index is 1010. The molecule has 0 bridgehead atoms. The summed E-state index contributed by atoms with van der Waals surface area (Å²) in [6, 6.07) is 11.0. The molecule has 0 unspecified atom stereocenters. The Hall–Kier alpha value is -2.68. The van der Waals surface area contributed by atoms with E-state index in [9.17, 15) is 22.0 Å². The number of fused-ring (bicyclic) bond motifs is 1. The van der Waals surface area contributed by atoms with E-state index < -0.39 is 34.1 Å². The van der Waals surface area contributed by atoms with Crippen molar-refractivity contribution in [1.29, 1.82) is 0 Å². The highest BCUT2D eigenvalue weighted by Crippen LogP contribution is 2.26. The second kappa shape index (κ2) is 9.42. The molecule has 162 valence electrons. The molecule has 0 spiro atoms. The first-order valence-corrected chi connectivity index (χ1v) is 11.6. The number of carbonyl (C=O) groups is 1. The zero-order valence-electron chi connectivity index (χ0n) is 16.8. The molecule has 0 atom stereocenters. The molecule has 1 heterocycles. The van der Waals surface area contributed by atoms with E-state index in [4.69, 9.17) is 0 Å².